The Kier molecular flexibility index (Phi) is 2.99. The fraction of sp³-hybridized carbons (Fsp3) is 1.00. The summed E-state index contributed by atoms with van der Waals surface area (Å²) in [4.78, 5) is 0. The van der Waals surface area contributed by atoms with Gasteiger partial charge in [-0.1, -0.05) is 0 Å². The van der Waals surface area contributed by atoms with E-state index < -0.39 is 0 Å². The normalized spacial score (nSPS) is 45.6. The summed E-state index contributed by atoms with van der Waals surface area (Å²) < 4.78 is 5.70. The number of hydrogen-bond donors (Lipinski definition) is 0. The lowest BCUT2D eigenvalue weighted by molar-refractivity contribution is 0.0679. The Labute approximate surface area is 99.9 Å². The molecule has 3 rings (SSSR count). The second-order valence-electron chi connectivity index (χ2n) is 6.71. The maximum Gasteiger partial charge on any atom is 0.0518 e. The van der Waals surface area contributed by atoms with Gasteiger partial charge < -0.3 is 4.74 Å². The molecule has 0 aromatic heterocycles. The maximum absolute atomic E-state index is 5.70. The Balaban J connectivity index is 1.47. The van der Waals surface area contributed by atoms with Crippen LogP contribution in [0.4, 0.5) is 0 Å². The van der Waals surface area contributed by atoms with E-state index in [1.54, 1.807) is 19.3 Å². The predicted octanol–water partition coefficient (Wildman–Crippen LogP) is 3.87. The molecule has 0 aromatic rings. The molecule has 3 aliphatic carbocycles. The summed E-state index contributed by atoms with van der Waals surface area (Å²) in [5.41, 5.74) is 0. The standard InChI is InChI=1S/C15H26O/c1-10(2)16-6-5-11-7-14-12-3-4-13(9-12)15(14)8-11/h10-15H,3-9H2,1-2H3. The van der Waals surface area contributed by atoms with Crippen molar-refractivity contribution in [2.45, 2.75) is 58.5 Å². The van der Waals surface area contributed by atoms with Gasteiger partial charge in [0.1, 0.15) is 0 Å². The molecule has 0 aliphatic heterocycles. The molecule has 16 heavy (non-hydrogen) atoms. The Morgan fingerprint density at radius 2 is 1.62 bits per heavy atom. The van der Waals surface area contributed by atoms with Crippen molar-refractivity contribution < 1.29 is 4.74 Å². The van der Waals surface area contributed by atoms with Gasteiger partial charge in [0.25, 0.3) is 0 Å². The molecule has 0 heterocycles. The third kappa shape index (κ3) is 1.92. The smallest absolute Gasteiger partial charge is 0.0518 e. The van der Waals surface area contributed by atoms with Gasteiger partial charge in [-0.05, 0) is 82.0 Å². The fourth-order valence-corrected chi connectivity index (χ4v) is 4.84. The lowest BCUT2D eigenvalue weighted by atomic mass is 9.82. The van der Waals surface area contributed by atoms with E-state index in [4.69, 9.17) is 4.74 Å². The summed E-state index contributed by atoms with van der Waals surface area (Å²) in [7, 11) is 0. The van der Waals surface area contributed by atoms with Crippen LogP contribution in [0.2, 0.25) is 0 Å². The Hall–Kier alpha value is -0.0400. The molecule has 1 nitrogen and oxygen atoms in total. The SMILES string of the molecule is CC(C)OCCC1CC2C3CCC(C3)C2C1. The molecule has 3 aliphatic rings. The zero-order chi connectivity index (χ0) is 11.1. The van der Waals surface area contributed by atoms with E-state index in [2.05, 4.69) is 13.8 Å². The third-order valence-electron chi connectivity index (χ3n) is 5.46. The molecule has 4 unspecified atom stereocenters. The van der Waals surface area contributed by atoms with Crippen molar-refractivity contribution in [3.8, 4) is 0 Å². The fourth-order valence-electron chi connectivity index (χ4n) is 4.84. The molecule has 0 aromatic carbocycles. The zero-order valence-corrected chi connectivity index (χ0v) is 10.8. The zero-order valence-electron chi connectivity index (χ0n) is 10.8. The Bertz CT molecular complexity index is 230. The summed E-state index contributed by atoms with van der Waals surface area (Å²) in [5.74, 6) is 5.51. The minimum atomic E-state index is 0.414. The van der Waals surface area contributed by atoms with Crippen LogP contribution in [0.25, 0.3) is 0 Å². The van der Waals surface area contributed by atoms with Crippen LogP contribution in [0.15, 0.2) is 0 Å². The topological polar surface area (TPSA) is 9.23 Å². The van der Waals surface area contributed by atoms with Gasteiger partial charge >= 0.3 is 0 Å². The molecule has 3 fully saturated rings. The van der Waals surface area contributed by atoms with Crippen LogP contribution >= 0.6 is 0 Å². The highest BCUT2D eigenvalue weighted by molar-refractivity contribution is 5.01. The summed E-state index contributed by atoms with van der Waals surface area (Å²) in [6, 6.07) is 0. The van der Waals surface area contributed by atoms with Crippen LogP contribution in [0.5, 0.6) is 0 Å². The number of ether oxygens (including phenoxy) is 1. The van der Waals surface area contributed by atoms with Crippen LogP contribution in [-0.4, -0.2) is 12.7 Å². The monoisotopic (exact) mass is 222 g/mol. The number of rotatable bonds is 4. The first-order chi connectivity index (χ1) is 7.74. The third-order valence-corrected chi connectivity index (χ3v) is 5.46. The number of fused-ring (bicyclic) bond motifs is 5. The molecule has 0 amide bonds. The molecule has 0 saturated heterocycles. The van der Waals surface area contributed by atoms with Gasteiger partial charge in [0.2, 0.25) is 0 Å². The number of hydrogen-bond acceptors (Lipinski definition) is 1. The molecule has 4 atom stereocenters. The lowest BCUT2D eigenvalue weighted by Crippen LogP contribution is -2.15. The van der Waals surface area contributed by atoms with Crippen LogP contribution < -0.4 is 0 Å². The van der Waals surface area contributed by atoms with Crippen LogP contribution in [0, 0.1) is 29.6 Å². The van der Waals surface area contributed by atoms with Crippen molar-refractivity contribution in [2.75, 3.05) is 6.61 Å². The largest absolute Gasteiger partial charge is 0.379 e. The van der Waals surface area contributed by atoms with Crippen LogP contribution in [-0.2, 0) is 4.74 Å². The van der Waals surface area contributed by atoms with Gasteiger partial charge in [0, 0.05) is 6.61 Å². The summed E-state index contributed by atoms with van der Waals surface area (Å²) in [6.45, 7) is 5.28. The average molecular weight is 222 g/mol. The minimum Gasteiger partial charge on any atom is -0.379 e. The maximum atomic E-state index is 5.70. The van der Waals surface area contributed by atoms with Crippen molar-refractivity contribution in [3.05, 3.63) is 0 Å². The molecule has 0 N–H and O–H groups in total. The second kappa shape index (κ2) is 4.33. The van der Waals surface area contributed by atoms with E-state index in [9.17, 15) is 0 Å². The lowest BCUT2D eigenvalue weighted by Gasteiger charge is -2.23. The van der Waals surface area contributed by atoms with E-state index >= 15 is 0 Å². The predicted molar refractivity (Wildman–Crippen MR) is 66.2 cm³/mol. The summed E-state index contributed by atoms with van der Waals surface area (Å²) in [5, 5.41) is 0. The van der Waals surface area contributed by atoms with E-state index in [-0.39, 0.29) is 0 Å². The van der Waals surface area contributed by atoms with Gasteiger partial charge in [-0.3, -0.25) is 0 Å². The first kappa shape index (κ1) is 11.1. The molecule has 92 valence electrons. The molecule has 3 saturated carbocycles. The van der Waals surface area contributed by atoms with Crippen molar-refractivity contribution in [1.29, 1.82) is 0 Å². The molecule has 1 heteroatoms. The van der Waals surface area contributed by atoms with Crippen molar-refractivity contribution in [3.63, 3.8) is 0 Å². The van der Waals surface area contributed by atoms with Crippen molar-refractivity contribution in [2.24, 2.45) is 29.6 Å². The minimum absolute atomic E-state index is 0.414. The second-order valence-corrected chi connectivity index (χ2v) is 6.71. The summed E-state index contributed by atoms with van der Waals surface area (Å²) >= 11 is 0. The molecule has 0 spiro atoms. The van der Waals surface area contributed by atoms with Gasteiger partial charge in [0.15, 0.2) is 0 Å². The quantitative estimate of drug-likeness (QED) is 0.701. The van der Waals surface area contributed by atoms with Crippen molar-refractivity contribution in [1.82, 2.24) is 0 Å². The molecular formula is C15H26O. The average Bonchev–Trinajstić information content (AvgIpc) is 2.87. The molecule has 2 bridgehead atoms. The van der Waals surface area contributed by atoms with Crippen LogP contribution in [0.3, 0.4) is 0 Å². The highest BCUT2D eigenvalue weighted by Gasteiger charge is 2.51. The van der Waals surface area contributed by atoms with Gasteiger partial charge in [-0.15, -0.1) is 0 Å². The van der Waals surface area contributed by atoms with Gasteiger partial charge in [0.05, 0.1) is 6.10 Å². The van der Waals surface area contributed by atoms with Crippen molar-refractivity contribution >= 4 is 0 Å². The highest BCUT2D eigenvalue weighted by Crippen LogP contribution is 2.60. The highest BCUT2D eigenvalue weighted by atomic mass is 16.5. The van der Waals surface area contributed by atoms with Crippen LogP contribution in [0.1, 0.15) is 52.4 Å². The first-order valence-electron chi connectivity index (χ1n) is 7.35. The van der Waals surface area contributed by atoms with Gasteiger partial charge in [-0.2, -0.15) is 0 Å². The summed E-state index contributed by atoms with van der Waals surface area (Å²) in [6.07, 6.45) is 9.51. The Morgan fingerprint density at radius 1 is 1.00 bits per heavy atom. The van der Waals surface area contributed by atoms with Gasteiger partial charge in [-0.25, -0.2) is 0 Å². The van der Waals surface area contributed by atoms with E-state index in [1.165, 1.54) is 19.3 Å². The van der Waals surface area contributed by atoms with E-state index in [0.717, 1.165) is 36.2 Å². The van der Waals surface area contributed by atoms with E-state index in [0.29, 0.717) is 6.10 Å². The molecule has 0 radical (unpaired) electrons. The molecular weight excluding hydrogens is 196 g/mol. The van der Waals surface area contributed by atoms with E-state index in [1.807, 2.05) is 0 Å². The first-order valence-corrected chi connectivity index (χ1v) is 7.35. The Morgan fingerprint density at radius 3 is 2.19 bits per heavy atom.